The predicted octanol–water partition coefficient (Wildman–Crippen LogP) is 6.77. The fourth-order valence-corrected chi connectivity index (χ4v) is 5.51. The zero-order valence-corrected chi connectivity index (χ0v) is 22.2. The van der Waals surface area contributed by atoms with Gasteiger partial charge in [0.2, 0.25) is 11.8 Å². The Labute approximate surface area is 228 Å². The fourth-order valence-electron chi connectivity index (χ4n) is 4.75. The molecule has 3 heterocycles. The Morgan fingerprint density at radius 2 is 1.95 bits per heavy atom. The summed E-state index contributed by atoms with van der Waals surface area (Å²) in [6.45, 7) is 5.09. The van der Waals surface area contributed by atoms with E-state index in [1.165, 1.54) is 29.5 Å². The highest BCUT2D eigenvalue weighted by Gasteiger charge is 2.24. The van der Waals surface area contributed by atoms with Gasteiger partial charge in [-0.15, -0.1) is 11.3 Å². The topological polar surface area (TPSA) is 117 Å². The summed E-state index contributed by atoms with van der Waals surface area (Å²) in [5, 5.41) is 25.1. The van der Waals surface area contributed by atoms with E-state index in [4.69, 9.17) is 15.0 Å². The molecule has 0 atom stereocenters. The van der Waals surface area contributed by atoms with Gasteiger partial charge >= 0.3 is 0 Å². The Kier molecular flexibility index (Phi) is 7.38. The van der Waals surface area contributed by atoms with Crippen LogP contribution in [0.25, 0.3) is 16.3 Å². The van der Waals surface area contributed by atoms with E-state index in [-0.39, 0.29) is 11.7 Å². The summed E-state index contributed by atoms with van der Waals surface area (Å²) in [5.41, 5.74) is 3.66. The number of nitrogens with zero attached hydrogens (tertiary/aromatic N) is 5. The minimum atomic E-state index is -0.600. The van der Waals surface area contributed by atoms with Crippen LogP contribution >= 0.6 is 11.3 Å². The first-order valence-electron chi connectivity index (χ1n) is 12.4. The van der Waals surface area contributed by atoms with E-state index in [9.17, 15) is 14.5 Å². The lowest BCUT2D eigenvalue weighted by Crippen LogP contribution is -2.39. The molecule has 11 heteroatoms. The van der Waals surface area contributed by atoms with Crippen molar-refractivity contribution in [2.24, 2.45) is 0 Å². The first kappa shape index (κ1) is 26.1. The Morgan fingerprint density at radius 1 is 1.21 bits per heavy atom. The van der Waals surface area contributed by atoms with Crippen LogP contribution in [0, 0.1) is 41.1 Å². The van der Waals surface area contributed by atoms with Gasteiger partial charge < -0.3 is 15.0 Å². The van der Waals surface area contributed by atoms with Crippen LogP contribution in [-0.2, 0) is 0 Å². The highest BCUT2D eigenvalue weighted by molar-refractivity contribution is 7.17. The number of hydrogen-bond donors (Lipinski definition) is 1. The van der Waals surface area contributed by atoms with Crippen LogP contribution in [0.3, 0.4) is 0 Å². The van der Waals surface area contributed by atoms with Crippen molar-refractivity contribution in [3.63, 3.8) is 0 Å². The molecule has 0 saturated carbocycles. The van der Waals surface area contributed by atoms with Crippen molar-refractivity contribution < 1.29 is 14.1 Å². The monoisotopic (exact) mass is 544 g/mol. The number of nitro groups is 1. The van der Waals surface area contributed by atoms with Crippen molar-refractivity contribution in [1.82, 2.24) is 9.97 Å². The minimum Gasteiger partial charge on any atom is -0.437 e. The van der Waals surface area contributed by atoms with Crippen LogP contribution in [0.5, 0.6) is 11.6 Å². The van der Waals surface area contributed by atoms with Gasteiger partial charge in [0.1, 0.15) is 10.4 Å². The standard InChI is InChI=1S/C28H25FN6O3S/c1-17-14-19(4-3-10-30)15-18(2)25(17)38-27-26-23(9-13-39-26)32-28(33-27)31-20-7-11-34(12-8-20)24-6-5-21(35(36)37)16-22(24)29/h3-6,9,13-16,20H,7-8,11-12H2,1-2H3,(H,31,32,33)/b4-3+. The molecule has 0 unspecified atom stereocenters. The molecule has 2 aromatic carbocycles. The highest BCUT2D eigenvalue weighted by atomic mass is 32.1. The van der Waals surface area contributed by atoms with Crippen LogP contribution in [0.4, 0.5) is 21.7 Å². The molecular formula is C28H25FN6O3S. The fraction of sp³-hybridized carbons (Fsp3) is 0.250. The van der Waals surface area contributed by atoms with Crippen LogP contribution in [0.1, 0.15) is 29.5 Å². The van der Waals surface area contributed by atoms with E-state index in [1.54, 1.807) is 6.08 Å². The molecule has 1 fully saturated rings. The van der Waals surface area contributed by atoms with E-state index in [1.807, 2.05) is 48.4 Å². The highest BCUT2D eigenvalue weighted by Crippen LogP contribution is 2.36. The molecule has 5 rings (SSSR count). The number of nitriles is 1. The molecule has 1 saturated heterocycles. The molecule has 0 spiro atoms. The van der Waals surface area contributed by atoms with Crippen molar-refractivity contribution in [2.75, 3.05) is 23.3 Å². The predicted molar refractivity (Wildman–Crippen MR) is 150 cm³/mol. The maximum atomic E-state index is 14.5. The number of fused-ring (bicyclic) bond motifs is 1. The normalized spacial score (nSPS) is 14.1. The Hall–Kier alpha value is -4.56. The zero-order valence-electron chi connectivity index (χ0n) is 21.3. The minimum absolute atomic E-state index is 0.0703. The SMILES string of the molecule is Cc1cc(/C=C/C#N)cc(C)c1Oc1nc(NC2CCN(c3ccc([N+](=O)[O-])cc3F)CC2)nc2ccsc12. The maximum absolute atomic E-state index is 14.5. The van der Waals surface area contributed by atoms with Gasteiger partial charge in [0.05, 0.1) is 28.3 Å². The van der Waals surface area contributed by atoms with Gasteiger partial charge in [-0.3, -0.25) is 10.1 Å². The molecule has 1 aliphatic rings. The van der Waals surface area contributed by atoms with Gasteiger partial charge in [-0.25, -0.2) is 9.37 Å². The number of hydrogen-bond acceptors (Lipinski definition) is 9. The molecule has 1 N–H and O–H groups in total. The quantitative estimate of drug-likeness (QED) is 0.154. The third-order valence-electron chi connectivity index (χ3n) is 6.62. The number of anilines is 2. The lowest BCUT2D eigenvalue weighted by Gasteiger charge is -2.34. The first-order chi connectivity index (χ1) is 18.8. The van der Waals surface area contributed by atoms with E-state index in [2.05, 4.69) is 10.3 Å². The van der Waals surface area contributed by atoms with Crippen molar-refractivity contribution >= 4 is 45.0 Å². The summed E-state index contributed by atoms with van der Waals surface area (Å²) >= 11 is 1.51. The largest absolute Gasteiger partial charge is 0.437 e. The van der Waals surface area contributed by atoms with Gasteiger partial charge in [0.15, 0.2) is 5.82 Å². The number of piperidine rings is 1. The lowest BCUT2D eigenvalue weighted by atomic mass is 10.0. The van der Waals surface area contributed by atoms with Gasteiger partial charge in [-0.1, -0.05) is 0 Å². The molecule has 1 aliphatic heterocycles. The summed E-state index contributed by atoms with van der Waals surface area (Å²) in [4.78, 5) is 21.6. The Morgan fingerprint density at radius 3 is 2.62 bits per heavy atom. The molecule has 0 aliphatic carbocycles. The molecule has 0 radical (unpaired) electrons. The van der Waals surface area contributed by atoms with Crippen molar-refractivity contribution in [3.05, 3.63) is 80.5 Å². The zero-order chi connectivity index (χ0) is 27.5. The second-order valence-corrected chi connectivity index (χ2v) is 10.3. The second kappa shape index (κ2) is 11.0. The summed E-state index contributed by atoms with van der Waals surface area (Å²) < 4.78 is 21.7. The number of nitrogens with one attached hydrogen (secondary N) is 1. The Balaban J connectivity index is 1.31. The number of halogens is 1. The summed E-state index contributed by atoms with van der Waals surface area (Å²) in [7, 11) is 0. The smallest absolute Gasteiger partial charge is 0.272 e. The van der Waals surface area contributed by atoms with Crippen LogP contribution < -0.4 is 15.0 Å². The summed E-state index contributed by atoms with van der Waals surface area (Å²) in [6.07, 6.45) is 4.63. The Bertz CT molecular complexity index is 1600. The van der Waals surface area contributed by atoms with Crippen molar-refractivity contribution in [3.8, 4) is 17.7 Å². The number of non-ortho nitro benzene ring substituents is 1. The third-order valence-corrected chi connectivity index (χ3v) is 7.51. The van der Waals surface area contributed by atoms with E-state index in [0.29, 0.717) is 49.2 Å². The lowest BCUT2D eigenvalue weighted by molar-refractivity contribution is -0.385. The first-order valence-corrected chi connectivity index (χ1v) is 13.3. The van der Waals surface area contributed by atoms with Gasteiger partial charge in [0.25, 0.3) is 5.69 Å². The van der Waals surface area contributed by atoms with Crippen molar-refractivity contribution in [2.45, 2.75) is 32.7 Å². The number of thiophene rings is 1. The molecule has 2 aromatic heterocycles. The van der Waals surface area contributed by atoms with Crippen LogP contribution in [0.15, 0.2) is 47.9 Å². The van der Waals surface area contributed by atoms with Gasteiger partial charge in [-0.05, 0) is 79.1 Å². The number of allylic oxidation sites excluding steroid dienone is 1. The molecule has 39 heavy (non-hydrogen) atoms. The number of ether oxygens (including phenoxy) is 1. The number of aryl methyl sites for hydroxylation is 2. The average Bonchev–Trinajstić information content (AvgIpc) is 3.39. The number of benzene rings is 2. The molecule has 198 valence electrons. The average molecular weight is 545 g/mol. The summed E-state index contributed by atoms with van der Waals surface area (Å²) in [5.74, 6) is 1.04. The van der Waals surface area contributed by atoms with E-state index >= 15 is 0 Å². The molecule has 9 nitrogen and oxygen atoms in total. The third kappa shape index (κ3) is 5.66. The second-order valence-electron chi connectivity index (χ2n) is 9.33. The van der Waals surface area contributed by atoms with E-state index in [0.717, 1.165) is 33.0 Å². The van der Waals surface area contributed by atoms with Crippen LogP contribution in [-0.4, -0.2) is 34.0 Å². The van der Waals surface area contributed by atoms with E-state index < -0.39 is 10.7 Å². The maximum Gasteiger partial charge on any atom is 0.272 e. The summed E-state index contributed by atoms with van der Waals surface area (Å²) in [6, 6.07) is 11.7. The van der Waals surface area contributed by atoms with Gasteiger partial charge in [0, 0.05) is 31.3 Å². The molecular weight excluding hydrogens is 519 g/mol. The molecule has 4 aromatic rings. The number of aromatic nitrogens is 2. The van der Waals surface area contributed by atoms with Gasteiger partial charge in [-0.2, -0.15) is 10.2 Å². The number of nitro benzene ring substituents is 1. The van der Waals surface area contributed by atoms with Crippen molar-refractivity contribution in [1.29, 1.82) is 5.26 Å². The molecule has 0 amide bonds. The van der Waals surface area contributed by atoms with Crippen LogP contribution in [0.2, 0.25) is 0 Å². The molecule has 0 bridgehead atoms. The number of rotatable bonds is 7.